The van der Waals surface area contributed by atoms with Crippen molar-refractivity contribution in [1.29, 1.82) is 0 Å². The number of hydrogen-bond donors (Lipinski definition) is 0. The first-order valence-electron chi connectivity index (χ1n) is 5.56. The highest BCUT2D eigenvalue weighted by Crippen LogP contribution is 2.13. The molecule has 15 heavy (non-hydrogen) atoms. The van der Waals surface area contributed by atoms with Crippen molar-refractivity contribution in [1.82, 2.24) is 0 Å². The molecule has 1 aliphatic heterocycles. The second-order valence-electron chi connectivity index (χ2n) is 3.50. The molecule has 0 aliphatic carbocycles. The fourth-order valence-corrected chi connectivity index (χ4v) is 1.42. The number of unbranched alkanes of at least 4 members (excludes halogenated alkanes) is 1. The third kappa shape index (κ3) is 6.18. The fourth-order valence-electron chi connectivity index (χ4n) is 1.42. The SMILES string of the molecule is C#CCC#CCCCOC1CCCCO1. The molecule has 1 unspecified atom stereocenters. The lowest BCUT2D eigenvalue weighted by molar-refractivity contribution is -0.162. The van der Waals surface area contributed by atoms with Gasteiger partial charge in [-0.15, -0.1) is 12.3 Å². The maximum absolute atomic E-state index is 5.56. The molecular weight excluding hydrogens is 188 g/mol. The first kappa shape index (κ1) is 12.1. The molecule has 1 aliphatic rings. The van der Waals surface area contributed by atoms with E-state index in [1.54, 1.807) is 0 Å². The topological polar surface area (TPSA) is 18.5 Å². The van der Waals surface area contributed by atoms with Crippen molar-refractivity contribution in [3.8, 4) is 24.2 Å². The molecule has 0 aromatic rings. The Morgan fingerprint density at radius 2 is 2.27 bits per heavy atom. The molecule has 0 aromatic heterocycles. The molecule has 1 saturated heterocycles. The van der Waals surface area contributed by atoms with E-state index in [9.17, 15) is 0 Å². The van der Waals surface area contributed by atoms with Crippen LogP contribution in [0.2, 0.25) is 0 Å². The molecule has 0 radical (unpaired) electrons. The molecule has 1 heterocycles. The van der Waals surface area contributed by atoms with Gasteiger partial charge in [-0.05, 0) is 25.7 Å². The summed E-state index contributed by atoms with van der Waals surface area (Å²) in [5, 5.41) is 0. The van der Waals surface area contributed by atoms with E-state index in [1.807, 2.05) is 0 Å². The minimum atomic E-state index is 0.0254. The summed E-state index contributed by atoms with van der Waals surface area (Å²) in [6.07, 6.45) is 10.9. The van der Waals surface area contributed by atoms with Crippen LogP contribution in [0.1, 0.15) is 38.5 Å². The number of ether oxygens (including phenoxy) is 2. The highest BCUT2D eigenvalue weighted by Gasteiger charge is 2.12. The molecule has 0 saturated carbocycles. The Morgan fingerprint density at radius 3 is 3.00 bits per heavy atom. The zero-order valence-electron chi connectivity index (χ0n) is 9.13. The van der Waals surface area contributed by atoms with Gasteiger partial charge in [-0.1, -0.05) is 11.8 Å². The van der Waals surface area contributed by atoms with E-state index in [0.29, 0.717) is 6.42 Å². The van der Waals surface area contributed by atoms with Crippen molar-refractivity contribution < 1.29 is 9.47 Å². The van der Waals surface area contributed by atoms with Gasteiger partial charge < -0.3 is 9.47 Å². The van der Waals surface area contributed by atoms with Crippen molar-refractivity contribution >= 4 is 0 Å². The van der Waals surface area contributed by atoms with Gasteiger partial charge in [0.2, 0.25) is 0 Å². The van der Waals surface area contributed by atoms with Gasteiger partial charge in [0.05, 0.1) is 13.0 Å². The normalized spacial score (nSPS) is 20.1. The first-order chi connectivity index (χ1) is 7.43. The molecule has 1 rings (SSSR count). The van der Waals surface area contributed by atoms with Crippen LogP contribution in [-0.4, -0.2) is 19.5 Å². The predicted molar refractivity (Wildman–Crippen MR) is 60.0 cm³/mol. The number of terminal acetylenes is 1. The molecule has 0 bridgehead atoms. The molecule has 0 N–H and O–H groups in total. The number of hydrogen-bond acceptors (Lipinski definition) is 2. The van der Waals surface area contributed by atoms with Gasteiger partial charge in [-0.2, -0.15) is 0 Å². The summed E-state index contributed by atoms with van der Waals surface area (Å²) in [6.45, 7) is 1.57. The van der Waals surface area contributed by atoms with Crippen molar-refractivity contribution in [3.05, 3.63) is 0 Å². The second-order valence-corrected chi connectivity index (χ2v) is 3.50. The summed E-state index contributed by atoms with van der Waals surface area (Å²) in [5.41, 5.74) is 0. The minimum Gasteiger partial charge on any atom is -0.353 e. The van der Waals surface area contributed by atoms with Crippen molar-refractivity contribution in [3.63, 3.8) is 0 Å². The highest BCUT2D eigenvalue weighted by atomic mass is 16.7. The van der Waals surface area contributed by atoms with Crippen molar-refractivity contribution in [2.45, 2.75) is 44.8 Å². The summed E-state index contributed by atoms with van der Waals surface area (Å²) in [5.74, 6) is 8.40. The Morgan fingerprint density at radius 1 is 1.33 bits per heavy atom. The molecule has 2 heteroatoms. The Labute approximate surface area is 92.3 Å². The van der Waals surface area contributed by atoms with Crippen LogP contribution in [0.25, 0.3) is 0 Å². The molecule has 0 amide bonds. The van der Waals surface area contributed by atoms with Crippen molar-refractivity contribution in [2.24, 2.45) is 0 Å². The van der Waals surface area contributed by atoms with E-state index in [0.717, 1.165) is 38.9 Å². The molecule has 0 aromatic carbocycles. The van der Waals surface area contributed by atoms with Gasteiger partial charge >= 0.3 is 0 Å². The van der Waals surface area contributed by atoms with Crippen LogP contribution in [0.3, 0.4) is 0 Å². The third-order valence-electron chi connectivity index (χ3n) is 2.20. The Kier molecular flexibility index (Phi) is 6.75. The predicted octanol–water partition coefficient (Wildman–Crippen LogP) is 2.34. The lowest BCUT2D eigenvalue weighted by atomic mass is 10.2. The lowest BCUT2D eigenvalue weighted by Crippen LogP contribution is -2.22. The minimum absolute atomic E-state index is 0.0254. The van der Waals surface area contributed by atoms with Gasteiger partial charge in [0, 0.05) is 13.0 Å². The van der Waals surface area contributed by atoms with E-state index in [1.165, 1.54) is 6.42 Å². The van der Waals surface area contributed by atoms with Crippen LogP contribution in [0.5, 0.6) is 0 Å². The fraction of sp³-hybridized carbons (Fsp3) is 0.692. The van der Waals surface area contributed by atoms with E-state index < -0.39 is 0 Å². The Balaban J connectivity index is 1.93. The summed E-state index contributed by atoms with van der Waals surface area (Å²) in [7, 11) is 0. The van der Waals surface area contributed by atoms with Crippen LogP contribution in [0.4, 0.5) is 0 Å². The maximum atomic E-state index is 5.56. The lowest BCUT2D eigenvalue weighted by Gasteiger charge is -2.22. The van der Waals surface area contributed by atoms with Crippen LogP contribution in [0.15, 0.2) is 0 Å². The monoisotopic (exact) mass is 206 g/mol. The van der Waals surface area contributed by atoms with Gasteiger partial charge in [-0.3, -0.25) is 0 Å². The van der Waals surface area contributed by atoms with Gasteiger partial charge in [0.25, 0.3) is 0 Å². The van der Waals surface area contributed by atoms with Crippen LogP contribution in [-0.2, 0) is 9.47 Å². The molecule has 1 fully saturated rings. The molecule has 2 nitrogen and oxygen atoms in total. The van der Waals surface area contributed by atoms with Crippen LogP contribution in [0, 0.1) is 24.2 Å². The number of rotatable bonds is 4. The van der Waals surface area contributed by atoms with E-state index in [4.69, 9.17) is 15.9 Å². The van der Waals surface area contributed by atoms with E-state index >= 15 is 0 Å². The van der Waals surface area contributed by atoms with Gasteiger partial charge in [0.1, 0.15) is 0 Å². The van der Waals surface area contributed by atoms with E-state index in [-0.39, 0.29) is 6.29 Å². The third-order valence-corrected chi connectivity index (χ3v) is 2.20. The van der Waals surface area contributed by atoms with Crippen molar-refractivity contribution in [2.75, 3.05) is 13.2 Å². The molecular formula is C13H18O2. The second kappa shape index (κ2) is 8.36. The standard InChI is InChI=1S/C13H18O2/c1-2-3-4-5-6-8-11-14-13-10-7-9-12-15-13/h1,13H,3,6-12H2. The quantitative estimate of drug-likeness (QED) is 0.519. The van der Waals surface area contributed by atoms with Gasteiger partial charge in [-0.25, -0.2) is 0 Å². The Hall–Kier alpha value is -0.960. The highest BCUT2D eigenvalue weighted by molar-refractivity contribution is 5.07. The van der Waals surface area contributed by atoms with E-state index in [2.05, 4.69) is 17.8 Å². The smallest absolute Gasteiger partial charge is 0.157 e. The summed E-state index contributed by atoms with van der Waals surface area (Å²) >= 11 is 0. The summed E-state index contributed by atoms with van der Waals surface area (Å²) in [4.78, 5) is 0. The first-order valence-corrected chi connectivity index (χ1v) is 5.56. The zero-order chi connectivity index (χ0) is 10.8. The largest absolute Gasteiger partial charge is 0.353 e. The summed E-state index contributed by atoms with van der Waals surface area (Å²) in [6, 6.07) is 0. The Bertz CT molecular complexity index is 248. The molecule has 1 atom stereocenters. The molecule has 0 spiro atoms. The summed E-state index contributed by atoms with van der Waals surface area (Å²) < 4.78 is 11.0. The average molecular weight is 206 g/mol. The van der Waals surface area contributed by atoms with Crippen LogP contribution < -0.4 is 0 Å². The maximum Gasteiger partial charge on any atom is 0.157 e. The van der Waals surface area contributed by atoms with Gasteiger partial charge in [0.15, 0.2) is 6.29 Å². The zero-order valence-corrected chi connectivity index (χ0v) is 9.13. The molecule has 82 valence electrons. The van der Waals surface area contributed by atoms with Crippen LogP contribution >= 0.6 is 0 Å². The average Bonchev–Trinajstić information content (AvgIpc) is 2.29.